The lowest BCUT2D eigenvalue weighted by Crippen LogP contribution is -2.34. The van der Waals surface area contributed by atoms with Gasteiger partial charge in [0.05, 0.1) is 5.25 Å². The molecule has 0 amide bonds. The molecule has 4 heteroatoms. The van der Waals surface area contributed by atoms with Crippen molar-refractivity contribution in [2.75, 3.05) is 7.05 Å². The monoisotopic (exact) mass is 181 g/mol. The number of hydrogen-bond acceptors (Lipinski definition) is 3. The first-order chi connectivity index (χ1) is 4.80. The SMILES string of the molecule is CC(C)N(C)S(O)(O)C(C)C. The first-order valence-corrected chi connectivity index (χ1v) is 5.37. The zero-order chi connectivity index (χ0) is 9.23. The van der Waals surface area contributed by atoms with Crippen molar-refractivity contribution in [1.82, 2.24) is 4.31 Å². The molecule has 0 spiro atoms. The fraction of sp³-hybridized carbons (Fsp3) is 1.00. The summed E-state index contributed by atoms with van der Waals surface area (Å²) in [5.41, 5.74) is 0. The number of rotatable bonds is 3. The van der Waals surface area contributed by atoms with E-state index in [0.29, 0.717) is 0 Å². The van der Waals surface area contributed by atoms with Crippen molar-refractivity contribution >= 4 is 10.8 Å². The molecular weight excluding hydrogens is 162 g/mol. The van der Waals surface area contributed by atoms with Crippen LogP contribution < -0.4 is 0 Å². The Morgan fingerprint density at radius 2 is 1.45 bits per heavy atom. The lowest BCUT2D eigenvalue weighted by molar-refractivity contribution is 0.339. The molecule has 0 radical (unpaired) electrons. The summed E-state index contributed by atoms with van der Waals surface area (Å²) in [6, 6.07) is 0.169. The maximum Gasteiger partial charge on any atom is 0.0584 e. The van der Waals surface area contributed by atoms with Crippen molar-refractivity contribution in [3.63, 3.8) is 0 Å². The van der Waals surface area contributed by atoms with Crippen LogP contribution in [0, 0.1) is 0 Å². The average molecular weight is 181 g/mol. The lowest BCUT2D eigenvalue weighted by Gasteiger charge is -2.46. The molecule has 0 aromatic heterocycles. The van der Waals surface area contributed by atoms with Crippen LogP contribution in [0.25, 0.3) is 0 Å². The fourth-order valence-electron chi connectivity index (χ4n) is 0.643. The average Bonchev–Trinajstić information content (AvgIpc) is 1.85. The molecule has 0 heterocycles. The molecule has 0 fully saturated rings. The summed E-state index contributed by atoms with van der Waals surface area (Å²) in [5, 5.41) is -0.102. The van der Waals surface area contributed by atoms with Crippen LogP contribution in [0.1, 0.15) is 27.7 Å². The summed E-state index contributed by atoms with van der Waals surface area (Å²) in [5.74, 6) is 0. The second-order valence-electron chi connectivity index (χ2n) is 3.25. The summed E-state index contributed by atoms with van der Waals surface area (Å²) in [6.07, 6.45) is 0. The minimum absolute atomic E-state index is 0.102. The van der Waals surface area contributed by atoms with Gasteiger partial charge in [-0.2, -0.15) is 0 Å². The standard InChI is InChI=1S/C7H19NO2S/c1-6(2)8(5)11(9,10)7(3)4/h6-7,9-10H,1-5H3. The van der Waals surface area contributed by atoms with Crippen molar-refractivity contribution < 1.29 is 9.11 Å². The van der Waals surface area contributed by atoms with E-state index in [2.05, 4.69) is 0 Å². The van der Waals surface area contributed by atoms with E-state index >= 15 is 0 Å². The zero-order valence-corrected chi connectivity index (χ0v) is 8.72. The number of hydrogen-bond donors (Lipinski definition) is 2. The highest BCUT2D eigenvalue weighted by Crippen LogP contribution is 2.47. The predicted octanol–water partition coefficient (Wildman–Crippen LogP) is 2.40. The van der Waals surface area contributed by atoms with Gasteiger partial charge < -0.3 is 0 Å². The van der Waals surface area contributed by atoms with E-state index in [1.165, 1.54) is 0 Å². The third kappa shape index (κ3) is 2.63. The van der Waals surface area contributed by atoms with E-state index in [-0.39, 0.29) is 11.3 Å². The van der Waals surface area contributed by atoms with E-state index in [1.807, 2.05) is 27.7 Å². The quantitative estimate of drug-likeness (QED) is 0.702. The Bertz CT molecular complexity index is 126. The van der Waals surface area contributed by atoms with Gasteiger partial charge in [0, 0.05) is 13.1 Å². The molecule has 0 aliphatic heterocycles. The molecule has 0 aromatic carbocycles. The Hall–Kier alpha value is 0.230. The molecule has 0 atom stereocenters. The van der Waals surface area contributed by atoms with Crippen molar-refractivity contribution in [2.45, 2.75) is 39.0 Å². The van der Waals surface area contributed by atoms with Crippen molar-refractivity contribution in [1.29, 1.82) is 0 Å². The summed E-state index contributed by atoms with van der Waals surface area (Å²) in [7, 11) is -0.807. The van der Waals surface area contributed by atoms with Gasteiger partial charge in [0.1, 0.15) is 0 Å². The molecular formula is C7H19NO2S. The molecule has 0 aliphatic carbocycles. The van der Waals surface area contributed by atoms with Crippen LogP contribution in [-0.4, -0.2) is 31.8 Å². The molecule has 0 unspecified atom stereocenters. The molecule has 0 saturated carbocycles. The topological polar surface area (TPSA) is 43.7 Å². The maximum absolute atomic E-state index is 9.60. The van der Waals surface area contributed by atoms with E-state index in [4.69, 9.17) is 0 Å². The first kappa shape index (κ1) is 11.2. The highest BCUT2D eigenvalue weighted by Gasteiger charge is 2.24. The predicted molar refractivity (Wildman–Crippen MR) is 50.9 cm³/mol. The van der Waals surface area contributed by atoms with Crippen molar-refractivity contribution in [3.05, 3.63) is 0 Å². The molecule has 70 valence electrons. The molecule has 0 aliphatic rings. The smallest absolute Gasteiger partial charge is 0.0584 e. The summed E-state index contributed by atoms with van der Waals surface area (Å²) in [6.45, 7) is 7.51. The van der Waals surface area contributed by atoms with E-state index in [0.717, 1.165) is 0 Å². The molecule has 0 bridgehead atoms. The molecule has 0 aromatic rings. The molecule has 0 saturated heterocycles. The van der Waals surface area contributed by atoms with Gasteiger partial charge >= 0.3 is 0 Å². The molecule has 2 N–H and O–H groups in total. The van der Waals surface area contributed by atoms with Crippen LogP contribution in [-0.2, 0) is 0 Å². The van der Waals surface area contributed by atoms with Gasteiger partial charge in [0.2, 0.25) is 0 Å². The van der Waals surface area contributed by atoms with Crippen LogP contribution in [0.2, 0.25) is 0 Å². The molecule has 3 nitrogen and oxygen atoms in total. The van der Waals surface area contributed by atoms with E-state index < -0.39 is 10.8 Å². The van der Waals surface area contributed by atoms with Gasteiger partial charge in [0.15, 0.2) is 0 Å². The Labute approximate surface area is 70.9 Å². The van der Waals surface area contributed by atoms with Crippen LogP contribution in [0.5, 0.6) is 0 Å². The summed E-state index contributed by atoms with van der Waals surface area (Å²) >= 11 is 0. The van der Waals surface area contributed by atoms with Crippen LogP contribution in [0.15, 0.2) is 0 Å². The highest BCUT2D eigenvalue weighted by molar-refractivity contribution is 8.22. The van der Waals surface area contributed by atoms with Gasteiger partial charge in [-0.1, -0.05) is 0 Å². The Morgan fingerprint density at radius 3 is 1.55 bits per heavy atom. The fourth-order valence-corrected chi connectivity index (χ4v) is 1.93. The van der Waals surface area contributed by atoms with Crippen LogP contribution in [0.3, 0.4) is 0 Å². The maximum atomic E-state index is 9.60. The largest absolute Gasteiger partial charge is 0.285 e. The van der Waals surface area contributed by atoms with Gasteiger partial charge in [-0.05, 0) is 27.7 Å². The molecule has 0 rings (SSSR count). The van der Waals surface area contributed by atoms with E-state index in [9.17, 15) is 9.11 Å². The molecule has 11 heavy (non-hydrogen) atoms. The summed E-state index contributed by atoms with van der Waals surface area (Å²) < 4.78 is 20.8. The van der Waals surface area contributed by atoms with Gasteiger partial charge in [-0.25, -0.2) is 4.31 Å². The van der Waals surface area contributed by atoms with Crippen molar-refractivity contribution in [3.8, 4) is 0 Å². The Morgan fingerprint density at radius 1 is 1.09 bits per heavy atom. The second-order valence-corrected chi connectivity index (χ2v) is 5.89. The lowest BCUT2D eigenvalue weighted by atomic mass is 10.4. The highest BCUT2D eigenvalue weighted by atomic mass is 32.3. The zero-order valence-electron chi connectivity index (χ0n) is 7.90. The minimum atomic E-state index is -2.54. The Balaban J connectivity index is 4.29. The van der Waals surface area contributed by atoms with Crippen LogP contribution in [0.4, 0.5) is 0 Å². The number of nitrogens with zero attached hydrogens (tertiary/aromatic N) is 1. The second kappa shape index (κ2) is 3.76. The van der Waals surface area contributed by atoms with Crippen molar-refractivity contribution in [2.24, 2.45) is 0 Å². The van der Waals surface area contributed by atoms with E-state index in [1.54, 1.807) is 11.4 Å². The first-order valence-electron chi connectivity index (χ1n) is 3.80. The third-order valence-corrected chi connectivity index (χ3v) is 4.32. The van der Waals surface area contributed by atoms with Gasteiger partial charge in [-0.15, -0.1) is 10.8 Å². The van der Waals surface area contributed by atoms with Gasteiger partial charge in [0.25, 0.3) is 0 Å². The van der Waals surface area contributed by atoms with Crippen LogP contribution >= 0.6 is 10.8 Å². The normalized spacial score (nSPS) is 15.1. The third-order valence-electron chi connectivity index (χ3n) is 1.78. The van der Waals surface area contributed by atoms with Gasteiger partial charge in [-0.3, -0.25) is 9.11 Å². The minimum Gasteiger partial charge on any atom is -0.285 e. The Kier molecular flexibility index (Phi) is 3.84. The summed E-state index contributed by atoms with van der Waals surface area (Å²) in [4.78, 5) is 0.